The van der Waals surface area contributed by atoms with Gasteiger partial charge >= 0.3 is 0 Å². The first-order valence-electron chi connectivity index (χ1n) is 5.52. The van der Waals surface area contributed by atoms with Crippen molar-refractivity contribution in [2.75, 3.05) is 0 Å². The SMILES string of the molecule is c1ccn2c(SC3CCCC3)ncc2c1. The van der Waals surface area contributed by atoms with Gasteiger partial charge in [-0.1, -0.05) is 30.7 Å². The molecule has 0 N–H and O–H groups in total. The Morgan fingerprint density at radius 3 is 3.00 bits per heavy atom. The lowest BCUT2D eigenvalue weighted by Crippen LogP contribution is -1.96. The number of fused-ring (bicyclic) bond motifs is 1. The van der Waals surface area contributed by atoms with Crippen LogP contribution in [0.1, 0.15) is 25.7 Å². The van der Waals surface area contributed by atoms with Crippen molar-refractivity contribution in [2.45, 2.75) is 36.1 Å². The number of hydrogen-bond donors (Lipinski definition) is 0. The second kappa shape index (κ2) is 3.89. The Morgan fingerprint density at radius 2 is 2.13 bits per heavy atom. The van der Waals surface area contributed by atoms with E-state index in [1.54, 1.807) is 0 Å². The normalized spacial score (nSPS) is 17.6. The summed E-state index contributed by atoms with van der Waals surface area (Å²) in [6, 6.07) is 6.22. The summed E-state index contributed by atoms with van der Waals surface area (Å²) in [7, 11) is 0. The van der Waals surface area contributed by atoms with Crippen LogP contribution >= 0.6 is 11.8 Å². The molecule has 2 aromatic heterocycles. The van der Waals surface area contributed by atoms with Crippen molar-refractivity contribution in [1.82, 2.24) is 9.38 Å². The minimum absolute atomic E-state index is 0.788. The molecule has 1 fully saturated rings. The van der Waals surface area contributed by atoms with Crippen LogP contribution in [0.5, 0.6) is 0 Å². The van der Waals surface area contributed by atoms with Gasteiger partial charge < -0.3 is 0 Å². The molecule has 0 spiro atoms. The van der Waals surface area contributed by atoms with Gasteiger partial charge in [0.25, 0.3) is 0 Å². The highest BCUT2D eigenvalue weighted by atomic mass is 32.2. The summed E-state index contributed by atoms with van der Waals surface area (Å²) < 4.78 is 2.18. The molecule has 0 saturated heterocycles. The van der Waals surface area contributed by atoms with E-state index in [1.165, 1.54) is 31.2 Å². The molecule has 15 heavy (non-hydrogen) atoms. The lowest BCUT2D eigenvalue weighted by molar-refractivity contribution is 0.882. The molecule has 2 aromatic rings. The molecule has 78 valence electrons. The Labute approximate surface area is 93.7 Å². The Hall–Kier alpha value is -0.960. The quantitative estimate of drug-likeness (QED) is 0.769. The Balaban J connectivity index is 1.90. The fraction of sp³-hybridized carbons (Fsp3) is 0.417. The summed E-state index contributed by atoms with van der Waals surface area (Å²) in [5, 5.41) is 1.94. The molecule has 1 aliphatic rings. The molecular weight excluding hydrogens is 204 g/mol. The second-order valence-electron chi connectivity index (χ2n) is 4.06. The Morgan fingerprint density at radius 1 is 1.27 bits per heavy atom. The predicted molar refractivity (Wildman–Crippen MR) is 63.3 cm³/mol. The molecule has 0 radical (unpaired) electrons. The molecular formula is C12H14N2S. The van der Waals surface area contributed by atoms with Crippen molar-refractivity contribution in [1.29, 1.82) is 0 Å². The summed E-state index contributed by atoms with van der Waals surface area (Å²) in [6.07, 6.45) is 9.54. The smallest absolute Gasteiger partial charge is 0.172 e. The lowest BCUT2D eigenvalue weighted by Gasteiger charge is -2.06. The molecule has 3 rings (SSSR count). The summed E-state index contributed by atoms with van der Waals surface area (Å²) in [5.41, 5.74) is 1.19. The maximum Gasteiger partial charge on any atom is 0.172 e. The molecule has 0 bridgehead atoms. The van der Waals surface area contributed by atoms with Gasteiger partial charge in [-0.2, -0.15) is 0 Å². The zero-order chi connectivity index (χ0) is 10.1. The maximum atomic E-state index is 4.48. The molecule has 3 heteroatoms. The van der Waals surface area contributed by atoms with Crippen LogP contribution in [0.4, 0.5) is 0 Å². The second-order valence-corrected chi connectivity index (χ2v) is 5.33. The lowest BCUT2D eigenvalue weighted by atomic mass is 10.4. The van der Waals surface area contributed by atoms with Gasteiger partial charge in [-0.3, -0.25) is 4.40 Å². The van der Waals surface area contributed by atoms with Crippen molar-refractivity contribution in [3.05, 3.63) is 30.6 Å². The monoisotopic (exact) mass is 218 g/mol. The standard InChI is InChI=1S/C12H14N2S/c1-2-7-11(6-1)15-12-13-9-10-5-3-4-8-14(10)12/h3-5,8-9,11H,1-2,6-7H2. The van der Waals surface area contributed by atoms with Gasteiger partial charge in [0.15, 0.2) is 5.16 Å². The molecule has 0 amide bonds. The summed E-state index contributed by atoms with van der Waals surface area (Å²) in [6.45, 7) is 0. The highest BCUT2D eigenvalue weighted by Gasteiger charge is 2.18. The van der Waals surface area contributed by atoms with E-state index in [-0.39, 0.29) is 0 Å². The molecule has 1 saturated carbocycles. The van der Waals surface area contributed by atoms with Gasteiger partial charge in [-0.05, 0) is 25.0 Å². The average molecular weight is 218 g/mol. The van der Waals surface area contributed by atoms with Crippen molar-refractivity contribution < 1.29 is 0 Å². The molecule has 0 atom stereocenters. The van der Waals surface area contributed by atoms with E-state index in [2.05, 4.69) is 33.8 Å². The van der Waals surface area contributed by atoms with Crippen LogP contribution in [-0.4, -0.2) is 14.6 Å². The van der Waals surface area contributed by atoms with Crippen LogP contribution in [-0.2, 0) is 0 Å². The predicted octanol–water partition coefficient (Wildman–Crippen LogP) is 3.37. The van der Waals surface area contributed by atoms with Crippen LogP contribution in [0.2, 0.25) is 0 Å². The van der Waals surface area contributed by atoms with Crippen molar-refractivity contribution >= 4 is 17.3 Å². The first-order chi connectivity index (χ1) is 7.43. The Kier molecular flexibility index (Phi) is 2.41. The van der Waals surface area contributed by atoms with E-state index in [1.807, 2.05) is 18.0 Å². The van der Waals surface area contributed by atoms with Crippen LogP contribution < -0.4 is 0 Å². The minimum Gasteiger partial charge on any atom is -0.295 e. The maximum absolute atomic E-state index is 4.48. The number of hydrogen-bond acceptors (Lipinski definition) is 2. The summed E-state index contributed by atoms with van der Waals surface area (Å²) in [4.78, 5) is 4.48. The Bertz CT molecular complexity index is 457. The van der Waals surface area contributed by atoms with Crippen LogP contribution in [0.15, 0.2) is 35.7 Å². The minimum atomic E-state index is 0.788. The van der Waals surface area contributed by atoms with Crippen LogP contribution in [0, 0.1) is 0 Å². The molecule has 2 nitrogen and oxygen atoms in total. The van der Waals surface area contributed by atoms with Gasteiger partial charge in [-0.15, -0.1) is 0 Å². The summed E-state index contributed by atoms with van der Waals surface area (Å²) >= 11 is 1.94. The zero-order valence-electron chi connectivity index (χ0n) is 8.60. The van der Waals surface area contributed by atoms with E-state index in [0.29, 0.717) is 0 Å². The van der Waals surface area contributed by atoms with Gasteiger partial charge in [0, 0.05) is 11.4 Å². The zero-order valence-corrected chi connectivity index (χ0v) is 9.41. The number of imidazole rings is 1. The number of nitrogens with zero attached hydrogens (tertiary/aromatic N) is 2. The number of pyridine rings is 1. The topological polar surface area (TPSA) is 17.3 Å². The largest absolute Gasteiger partial charge is 0.295 e. The van der Waals surface area contributed by atoms with E-state index < -0.39 is 0 Å². The fourth-order valence-electron chi connectivity index (χ4n) is 2.16. The molecule has 1 aliphatic carbocycles. The van der Waals surface area contributed by atoms with Gasteiger partial charge in [0.2, 0.25) is 0 Å². The fourth-order valence-corrected chi connectivity index (χ4v) is 3.42. The number of aromatic nitrogens is 2. The number of thioether (sulfide) groups is 1. The highest BCUT2D eigenvalue weighted by Crippen LogP contribution is 2.34. The van der Waals surface area contributed by atoms with E-state index >= 15 is 0 Å². The average Bonchev–Trinajstić information content (AvgIpc) is 2.89. The molecule has 2 heterocycles. The van der Waals surface area contributed by atoms with Crippen LogP contribution in [0.25, 0.3) is 5.52 Å². The van der Waals surface area contributed by atoms with E-state index in [0.717, 1.165) is 10.4 Å². The first kappa shape index (κ1) is 9.28. The third kappa shape index (κ3) is 1.76. The van der Waals surface area contributed by atoms with Gasteiger partial charge in [0.05, 0.1) is 11.7 Å². The molecule has 0 aliphatic heterocycles. The van der Waals surface area contributed by atoms with Crippen molar-refractivity contribution in [3.8, 4) is 0 Å². The van der Waals surface area contributed by atoms with Crippen LogP contribution in [0.3, 0.4) is 0 Å². The van der Waals surface area contributed by atoms with Gasteiger partial charge in [-0.25, -0.2) is 4.98 Å². The molecule has 0 aromatic carbocycles. The first-order valence-corrected chi connectivity index (χ1v) is 6.40. The van der Waals surface area contributed by atoms with E-state index in [9.17, 15) is 0 Å². The summed E-state index contributed by atoms with van der Waals surface area (Å²) in [5.74, 6) is 0. The third-order valence-corrected chi connectivity index (χ3v) is 4.30. The van der Waals surface area contributed by atoms with Crippen molar-refractivity contribution in [2.24, 2.45) is 0 Å². The van der Waals surface area contributed by atoms with Crippen molar-refractivity contribution in [3.63, 3.8) is 0 Å². The van der Waals surface area contributed by atoms with E-state index in [4.69, 9.17) is 0 Å². The van der Waals surface area contributed by atoms with Gasteiger partial charge in [0.1, 0.15) is 0 Å². The molecule has 0 unspecified atom stereocenters. The highest BCUT2D eigenvalue weighted by molar-refractivity contribution is 7.99. The third-order valence-electron chi connectivity index (χ3n) is 2.98. The number of rotatable bonds is 2.